The predicted octanol–water partition coefficient (Wildman–Crippen LogP) is 8.60. The van der Waals surface area contributed by atoms with Crippen LogP contribution in [-0.2, 0) is 26.2 Å². The van der Waals surface area contributed by atoms with Crippen molar-refractivity contribution in [2.45, 2.75) is 59.2 Å². The van der Waals surface area contributed by atoms with Gasteiger partial charge in [0.05, 0.1) is 6.10 Å². The molecule has 0 saturated heterocycles. The Morgan fingerprint density at radius 2 is 1.32 bits per heavy atom. The topological polar surface area (TPSA) is 20.2 Å². The summed E-state index contributed by atoms with van der Waals surface area (Å²) in [6, 6.07) is 29.9. The Labute approximate surface area is 230 Å². The van der Waals surface area contributed by atoms with E-state index >= 15 is 0 Å². The second-order valence-electron chi connectivity index (χ2n) is 10.9. The smallest absolute Gasteiger partial charge is 0.0861 e. The molecule has 0 aliphatic heterocycles. The molecule has 3 aromatic rings. The first-order valence-corrected chi connectivity index (χ1v) is 18.7. The number of hydrogen-bond acceptors (Lipinski definition) is 1. The van der Waals surface area contributed by atoms with E-state index in [0.29, 0.717) is 0 Å². The summed E-state index contributed by atoms with van der Waals surface area (Å²) >= 11 is 0. The third-order valence-corrected chi connectivity index (χ3v) is 8.11. The van der Waals surface area contributed by atoms with E-state index in [9.17, 15) is 5.11 Å². The van der Waals surface area contributed by atoms with Crippen LogP contribution in [0, 0.1) is 11.1 Å². The first kappa shape index (κ1) is 32.7. The van der Waals surface area contributed by atoms with Crippen molar-refractivity contribution < 1.29 is 31.3 Å². The fourth-order valence-electron chi connectivity index (χ4n) is 2.98. The van der Waals surface area contributed by atoms with Gasteiger partial charge in [0.15, 0.2) is 0 Å². The fraction of sp³-hybridized carbons (Fsp3) is 0.333. The van der Waals surface area contributed by atoms with Crippen LogP contribution in [0.3, 0.4) is 0 Å². The Hall–Kier alpha value is -1.32. The summed E-state index contributed by atoms with van der Waals surface area (Å²) in [6.45, 7) is 18.2. The van der Waals surface area contributed by atoms with Crippen LogP contribution < -0.4 is 0 Å². The molecular weight excluding hydrogens is 524 g/mol. The summed E-state index contributed by atoms with van der Waals surface area (Å²) < 4.78 is 0. The zero-order valence-corrected chi connectivity index (χ0v) is 26.8. The predicted molar refractivity (Wildman–Crippen MR) is 152 cm³/mol. The van der Waals surface area contributed by atoms with Crippen molar-refractivity contribution in [2.75, 3.05) is 0 Å². The monoisotopic (exact) mass is 565 g/mol. The van der Waals surface area contributed by atoms with Crippen LogP contribution in [0.5, 0.6) is 0 Å². The molecule has 0 spiro atoms. The van der Waals surface area contributed by atoms with Crippen molar-refractivity contribution in [3.05, 3.63) is 120 Å². The molecule has 0 aliphatic rings. The first-order chi connectivity index (χ1) is 15.3. The van der Waals surface area contributed by atoms with E-state index in [2.05, 4.69) is 71.0 Å². The molecule has 1 nitrogen and oxygen atoms in total. The maximum Gasteiger partial charge on any atom is 0.0861 e. The van der Waals surface area contributed by atoms with E-state index in [4.69, 9.17) is 0 Å². The molecule has 1 N–H and O–H groups in total. The van der Waals surface area contributed by atoms with Crippen molar-refractivity contribution in [1.29, 1.82) is 0 Å². The quantitative estimate of drug-likeness (QED) is 0.180. The normalized spacial score (nSPS) is 13.1. The molecule has 0 heterocycles. The summed E-state index contributed by atoms with van der Waals surface area (Å²) in [7, 11) is -2.82. The number of hydrogen-bond donors (Lipinski definition) is 1. The number of aliphatic hydroxyl groups is 1. The van der Waals surface area contributed by atoms with Crippen LogP contribution in [0.4, 0.5) is 0 Å². The standard InChI is InChI=1S/C20H33OSi2.2C5H5.Zr/c1-20(2,19(21)17-12-10-9-11-13-17)15-14-18(23(6,7)8)16-22(3,4)5;2*1-2-4-5-3-1;/h9-15,19,21H,1-8H3;2*1-5H;/q-1;-5;-1;/b15-14-;;;. The number of aliphatic hydroxyl groups excluding tert-OH is 1. The summed E-state index contributed by atoms with van der Waals surface area (Å²) in [6.07, 6.45) is 3.90. The summed E-state index contributed by atoms with van der Waals surface area (Å²) in [5.41, 5.74) is 4.45. The van der Waals surface area contributed by atoms with Gasteiger partial charge in [-0.25, -0.2) is 23.4 Å². The molecular formula is C30H43OSi2Zr-7. The molecule has 188 valence electrons. The fourth-order valence-corrected chi connectivity index (χ4v) is 7.08. The van der Waals surface area contributed by atoms with E-state index < -0.39 is 22.3 Å². The third kappa shape index (κ3) is 14.2. The van der Waals surface area contributed by atoms with Crippen LogP contribution in [0.2, 0.25) is 39.3 Å². The minimum atomic E-state index is -1.44. The van der Waals surface area contributed by atoms with Gasteiger partial charge < -0.3 is 35.4 Å². The van der Waals surface area contributed by atoms with E-state index in [0.717, 1.165) is 5.56 Å². The Kier molecular flexibility index (Phi) is 15.0. The zero-order chi connectivity index (χ0) is 25.0. The molecule has 1 atom stereocenters. The molecule has 0 aromatic heterocycles. The third-order valence-electron chi connectivity index (χ3n) is 4.93. The Balaban J connectivity index is 0.000000804. The average Bonchev–Trinajstić information content (AvgIpc) is 3.48. The number of allylic oxidation sites excluding steroid dienone is 2. The zero-order valence-electron chi connectivity index (χ0n) is 22.3. The van der Waals surface area contributed by atoms with Gasteiger partial charge in [-0.3, -0.25) is 5.70 Å². The molecule has 0 amide bonds. The molecule has 3 aromatic carbocycles. The molecule has 0 bridgehead atoms. The maximum absolute atomic E-state index is 10.7. The van der Waals surface area contributed by atoms with Gasteiger partial charge in [0.2, 0.25) is 0 Å². The van der Waals surface area contributed by atoms with E-state index in [1.165, 1.54) is 5.20 Å². The van der Waals surface area contributed by atoms with E-state index in [-0.39, 0.29) is 31.6 Å². The van der Waals surface area contributed by atoms with Crippen LogP contribution in [0.15, 0.2) is 108 Å². The van der Waals surface area contributed by atoms with Crippen molar-refractivity contribution in [3.63, 3.8) is 0 Å². The second-order valence-corrected chi connectivity index (χ2v) is 20.7. The molecule has 0 saturated carbocycles. The maximum atomic E-state index is 10.7. The average molecular weight is 567 g/mol. The summed E-state index contributed by atoms with van der Waals surface area (Å²) in [5.74, 6) is 0. The van der Waals surface area contributed by atoms with E-state index in [1.807, 2.05) is 91.0 Å². The minimum absolute atomic E-state index is 0. The van der Waals surface area contributed by atoms with Crippen LogP contribution >= 0.6 is 0 Å². The molecule has 0 aliphatic carbocycles. The molecule has 0 radical (unpaired) electrons. The van der Waals surface area contributed by atoms with E-state index in [1.54, 1.807) is 0 Å². The number of benzene rings is 1. The Morgan fingerprint density at radius 1 is 0.853 bits per heavy atom. The second kappa shape index (κ2) is 15.6. The van der Waals surface area contributed by atoms with Gasteiger partial charge in [0.25, 0.3) is 0 Å². The molecule has 34 heavy (non-hydrogen) atoms. The van der Waals surface area contributed by atoms with Crippen molar-refractivity contribution in [1.82, 2.24) is 0 Å². The molecule has 0 fully saturated rings. The van der Waals surface area contributed by atoms with Crippen LogP contribution in [0.1, 0.15) is 25.5 Å². The van der Waals surface area contributed by atoms with Gasteiger partial charge in [0, 0.05) is 34.3 Å². The van der Waals surface area contributed by atoms with Gasteiger partial charge in [-0.1, -0.05) is 83.5 Å². The van der Waals surface area contributed by atoms with Crippen molar-refractivity contribution in [3.8, 4) is 0 Å². The Bertz CT molecular complexity index is 850. The SMILES string of the molecule is CC(C)(/C=C\C(=[C-][Si](C)(C)C)[Si](C)(C)C)C(O)c1ccccc1.[Zr].[cH-]1[cH-][cH-][cH-][cH-]1.c1cc[cH-]c1. The van der Waals surface area contributed by atoms with Crippen molar-refractivity contribution in [2.24, 2.45) is 5.41 Å². The van der Waals surface area contributed by atoms with Crippen LogP contribution in [0.25, 0.3) is 0 Å². The largest absolute Gasteiger partial charge is 0.748 e. The van der Waals surface area contributed by atoms with Gasteiger partial charge in [-0.05, 0) is 19.1 Å². The summed E-state index contributed by atoms with van der Waals surface area (Å²) in [5, 5.41) is 12.1. The first-order valence-electron chi connectivity index (χ1n) is 11.7. The van der Waals surface area contributed by atoms with Gasteiger partial charge in [-0.2, -0.15) is 24.3 Å². The number of rotatable bonds is 6. The molecule has 4 heteroatoms. The molecule has 3 rings (SSSR count). The van der Waals surface area contributed by atoms with Crippen molar-refractivity contribution >= 4 is 16.1 Å². The van der Waals surface area contributed by atoms with Gasteiger partial charge in [0.1, 0.15) is 0 Å². The van der Waals surface area contributed by atoms with Gasteiger partial charge in [-0.15, -0.1) is 0 Å². The van der Waals surface area contributed by atoms with Gasteiger partial charge >= 0.3 is 0 Å². The Morgan fingerprint density at radius 3 is 1.68 bits per heavy atom. The molecule has 1 unspecified atom stereocenters. The van der Waals surface area contributed by atoms with Crippen LogP contribution in [-0.4, -0.2) is 21.3 Å². The summed E-state index contributed by atoms with van der Waals surface area (Å²) in [4.78, 5) is 0. The minimum Gasteiger partial charge on any atom is -0.748 e.